The van der Waals surface area contributed by atoms with Crippen molar-refractivity contribution in [3.8, 4) is 0 Å². The summed E-state index contributed by atoms with van der Waals surface area (Å²) in [6.45, 7) is 6.40. The van der Waals surface area contributed by atoms with Gasteiger partial charge in [-0.2, -0.15) is 0 Å². The molecule has 1 aliphatic heterocycles. The van der Waals surface area contributed by atoms with E-state index in [1.165, 1.54) is 44.9 Å². The van der Waals surface area contributed by atoms with Gasteiger partial charge in [0.1, 0.15) is 0 Å². The number of likely N-dealkylation sites (tertiary alicyclic amines) is 1. The third-order valence-corrected chi connectivity index (χ3v) is 5.09. The van der Waals surface area contributed by atoms with E-state index >= 15 is 0 Å². The molecule has 2 aliphatic rings. The van der Waals surface area contributed by atoms with E-state index in [9.17, 15) is 4.79 Å². The number of rotatable bonds is 5. The zero-order chi connectivity index (χ0) is 14.4. The highest BCUT2D eigenvalue weighted by atomic mass is 16.2. The van der Waals surface area contributed by atoms with Gasteiger partial charge in [0.05, 0.1) is 6.54 Å². The van der Waals surface area contributed by atoms with Gasteiger partial charge in [-0.05, 0) is 44.7 Å². The summed E-state index contributed by atoms with van der Waals surface area (Å²) < 4.78 is 0. The van der Waals surface area contributed by atoms with Crippen molar-refractivity contribution in [3.05, 3.63) is 0 Å². The summed E-state index contributed by atoms with van der Waals surface area (Å²) in [6.07, 6.45) is 8.61. The lowest BCUT2D eigenvalue weighted by Gasteiger charge is -2.33. The largest absolute Gasteiger partial charge is 0.342 e. The fourth-order valence-corrected chi connectivity index (χ4v) is 3.83. The molecule has 2 atom stereocenters. The Kier molecular flexibility index (Phi) is 6.30. The van der Waals surface area contributed by atoms with Gasteiger partial charge in [-0.1, -0.05) is 26.2 Å². The summed E-state index contributed by atoms with van der Waals surface area (Å²) in [6, 6.07) is 0.529. The molecular formula is C16H31N3O. The lowest BCUT2D eigenvalue weighted by atomic mass is 10.0. The van der Waals surface area contributed by atoms with Crippen LogP contribution in [-0.4, -0.2) is 54.5 Å². The molecule has 1 amide bonds. The zero-order valence-corrected chi connectivity index (χ0v) is 13.0. The first-order valence-corrected chi connectivity index (χ1v) is 8.48. The molecule has 0 aromatic rings. The summed E-state index contributed by atoms with van der Waals surface area (Å²) in [7, 11) is 0. The first-order chi connectivity index (χ1) is 9.76. The highest BCUT2D eigenvalue weighted by molar-refractivity contribution is 5.78. The van der Waals surface area contributed by atoms with Crippen LogP contribution in [0, 0.1) is 5.92 Å². The van der Waals surface area contributed by atoms with Crippen LogP contribution in [0.4, 0.5) is 0 Å². The van der Waals surface area contributed by atoms with E-state index in [2.05, 4.69) is 16.7 Å². The molecule has 0 aromatic carbocycles. The minimum absolute atomic E-state index is 0.330. The molecule has 4 heteroatoms. The zero-order valence-electron chi connectivity index (χ0n) is 13.0. The highest BCUT2D eigenvalue weighted by Gasteiger charge is 2.32. The molecule has 1 heterocycles. The Balaban J connectivity index is 1.89. The van der Waals surface area contributed by atoms with Crippen molar-refractivity contribution in [1.82, 2.24) is 9.80 Å². The molecule has 0 radical (unpaired) electrons. The van der Waals surface area contributed by atoms with E-state index in [0.717, 1.165) is 26.2 Å². The molecule has 116 valence electrons. The van der Waals surface area contributed by atoms with Crippen molar-refractivity contribution < 1.29 is 4.79 Å². The quantitative estimate of drug-likeness (QED) is 0.836. The van der Waals surface area contributed by atoms with Crippen molar-refractivity contribution >= 4 is 5.91 Å². The van der Waals surface area contributed by atoms with Crippen molar-refractivity contribution in [3.63, 3.8) is 0 Å². The maximum atomic E-state index is 12.5. The predicted molar refractivity (Wildman–Crippen MR) is 82.5 cm³/mol. The van der Waals surface area contributed by atoms with Crippen LogP contribution < -0.4 is 5.73 Å². The fraction of sp³-hybridized carbons (Fsp3) is 0.938. The molecule has 2 rings (SSSR count). The van der Waals surface area contributed by atoms with Crippen LogP contribution >= 0.6 is 0 Å². The molecule has 1 saturated heterocycles. The van der Waals surface area contributed by atoms with Gasteiger partial charge in [0, 0.05) is 19.1 Å². The maximum absolute atomic E-state index is 12.5. The Morgan fingerprint density at radius 2 is 1.85 bits per heavy atom. The molecule has 4 nitrogen and oxygen atoms in total. The second-order valence-electron chi connectivity index (χ2n) is 6.35. The molecule has 1 aliphatic carbocycles. The molecule has 2 unspecified atom stereocenters. The lowest BCUT2D eigenvalue weighted by molar-refractivity contribution is -0.133. The van der Waals surface area contributed by atoms with Gasteiger partial charge in [-0.15, -0.1) is 0 Å². The Hall–Kier alpha value is -0.610. The number of hydrogen-bond acceptors (Lipinski definition) is 3. The van der Waals surface area contributed by atoms with Gasteiger partial charge >= 0.3 is 0 Å². The molecule has 20 heavy (non-hydrogen) atoms. The van der Waals surface area contributed by atoms with Gasteiger partial charge < -0.3 is 10.6 Å². The normalized spacial score (nSPS) is 27.9. The Bertz CT molecular complexity index is 300. The van der Waals surface area contributed by atoms with Gasteiger partial charge in [-0.3, -0.25) is 9.69 Å². The molecule has 0 bridgehead atoms. The van der Waals surface area contributed by atoms with E-state index in [0.29, 0.717) is 24.4 Å². The predicted octanol–water partition coefficient (Wildman–Crippen LogP) is 1.84. The van der Waals surface area contributed by atoms with Crippen LogP contribution in [0.3, 0.4) is 0 Å². The SMILES string of the molecule is CCN(CC(=O)N1CCCCCC1)C1CCCC1CN. The molecule has 2 fully saturated rings. The number of hydrogen-bond donors (Lipinski definition) is 1. The van der Waals surface area contributed by atoms with Crippen molar-refractivity contribution in [2.24, 2.45) is 11.7 Å². The number of carbonyl (C=O) groups excluding carboxylic acids is 1. The Morgan fingerprint density at radius 3 is 2.45 bits per heavy atom. The average Bonchev–Trinajstić information content (AvgIpc) is 2.77. The van der Waals surface area contributed by atoms with E-state index in [1.807, 2.05) is 0 Å². The monoisotopic (exact) mass is 281 g/mol. The first-order valence-electron chi connectivity index (χ1n) is 8.48. The highest BCUT2D eigenvalue weighted by Crippen LogP contribution is 2.29. The number of likely N-dealkylation sites (N-methyl/N-ethyl adjacent to an activating group) is 1. The topological polar surface area (TPSA) is 49.6 Å². The van der Waals surface area contributed by atoms with Crippen LogP contribution in [0.15, 0.2) is 0 Å². The third-order valence-electron chi connectivity index (χ3n) is 5.09. The second-order valence-corrected chi connectivity index (χ2v) is 6.35. The summed E-state index contributed by atoms with van der Waals surface area (Å²) in [5.41, 5.74) is 5.89. The van der Waals surface area contributed by atoms with Gasteiger partial charge in [-0.25, -0.2) is 0 Å². The average molecular weight is 281 g/mol. The van der Waals surface area contributed by atoms with E-state index in [1.54, 1.807) is 0 Å². The van der Waals surface area contributed by atoms with Crippen LogP contribution in [0.2, 0.25) is 0 Å². The smallest absolute Gasteiger partial charge is 0.236 e. The maximum Gasteiger partial charge on any atom is 0.236 e. The first kappa shape index (κ1) is 15.8. The number of nitrogens with two attached hydrogens (primary N) is 1. The molecule has 1 saturated carbocycles. The van der Waals surface area contributed by atoms with Gasteiger partial charge in [0.2, 0.25) is 5.91 Å². The minimum Gasteiger partial charge on any atom is -0.342 e. The van der Waals surface area contributed by atoms with Crippen LogP contribution in [-0.2, 0) is 4.79 Å². The lowest BCUT2D eigenvalue weighted by Crippen LogP contribution is -2.47. The van der Waals surface area contributed by atoms with Gasteiger partial charge in [0.15, 0.2) is 0 Å². The fourth-order valence-electron chi connectivity index (χ4n) is 3.83. The minimum atomic E-state index is 0.330. The molecule has 0 spiro atoms. The van der Waals surface area contributed by atoms with Crippen molar-refractivity contribution in [1.29, 1.82) is 0 Å². The van der Waals surface area contributed by atoms with Crippen molar-refractivity contribution in [2.45, 2.75) is 57.9 Å². The summed E-state index contributed by atoms with van der Waals surface area (Å²) in [5.74, 6) is 0.920. The summed E-state index contributed by atoms with van der Waals surface area (Å²) >= 11 is 0. The summed E-state index contributed by atoms with van der Waals surface area (Å²) in [4.78, 5) is 17.0. The molecular weight excluding hydrogens is 250 g/mol. The van der Waals surface area contributed by atoms with Crippen LogP contribution in [0.25, 0.3) is 0 Å². The second kappa shape index (κ2) is 7.99. The number of carbonyl (C=O) groups is 1. The Morgan fingerprint density at radius 1 is 1.15 bits per heavy atom. The van der Waals surface area contributed by atoms with E-state index < -0.39 is 0 Å². The third kappa shape index (κ3) is 3.95. The number of amides is 1. The van der Waals surface area contributed by atoms with Crippen molar-refractivity contribution in [2.75, 3.05) is 32.7 Å². The van der Waals surface area contributed by atoms with Gasteiger partial charge in [0.25, 0.3) is 0 Å². The number of nitrogens with zero attached hydrogens (tertiary/aromatic N) is 2. The van der Waals surface area contributed by atoms with Crippen LogP contribution in [0.5, 0.6) is 0 Å². The molecule has 2 N–H and O–H groups in total. The standard InChI is InChI=1S/C16H31N3O/c1-2-18(15-9-7-8-14(15)12-17)13-16(20)19-10-5-3-4-6-11-19/h14-15H,2-13,17H2,1H3. The van der Waals surface area contributed by atoms with E-state index in [-0.39, 0.29) is 0 Å². The molecule has 0 aromatic heterocycles. The van der Waals surface area contributed by atoms with Crippen LogP contribution in [0.1, 0.15) is 51.9 Å². The summed E-state index contributed by atoms with van der Waals surface area (Å²) in [5, 5.41) is 0. The Labute approximate surface area is 123 Å². The van der Waals surface area contributed by atoms with E-state index in [4.69, 9.17) is 5.73 Å².